The van der Waals surface area contributed by atoms with Crippen molar-refractivity contribution < 1.29 is 0 Å². The number of guanidine groups is 1. The Morgan fingerprint density at radius 3 is 2.45 bits per heavy atom. The van der Waals surface area contributed by atoms with Crippen molar-refractivity contribution in [1.29, 1.82) is 0 Å². The fraction of sp³-hybridized carbons (Fsp3) is 0.240. The molecule has 2 N–H and O–H groups in total. The van der Waals surface area contributed by atoms with Gasteiger partial charge in [0.1, 0.15) is 0 Å². The molecule has 0 aliphatic rings. The number of nitrogens with zero attached hydrogens (tertiary/aromatic N) is 4. The third-order valence-corrected chi connectivity index (χ3v) is 6.37. The third kappa shape index (κ3) is 6.64. The van der Waals surface area contributed by atoms with Crippen LogP contribution in [0.25, 0.3) is 11.1 Å². The van der Waals surface area contributed by atoms with Crippen LogP contribution in [0.1, 0.15) is 26.7 Å². The molecule has 0 saturated heterocycles. The topological polar surface area (TPSA) is 67.1 Å². The molecule has 0 spiro atoms. The average Bonchev–Trinajstić information content (AvgIpc) is 3.43. The number of hydrogen-bond donors (Lipinski definition) is 2. The lowest BCUT2D eigenvalue weighted by Crippen LogP contribution is -2.36. The normalized spacial score (nSPS) is 11.2. The molecule has 2 aromatic heterocycles. The predicted octanol–water partition coefficient (Wildman–Crippen LogP) is 5.15. The Bertz CT molecular complexity index is 1180. The van der Waals surface area contributed by atoms with Gasteiger partial charge in [0, 0.05) is 37.4 Å². The number of thiazole rings is 1. The summed E-state index contributed by atoms with van der Waals surface area (Å²) >= 11 is 1.72. The zero-order valence-electron chi connectivity index (χ0n) is 19.1. The molecule has 2 heterocycles. The summed E-state index contributed by atoms with van der Waals surface area (Å²) in [6.45, 7) is 6.32. The zero-order chi connectivity index (χ0) is 22.3. The lowest BCUT2D eigenvalue weighted by atomic mass is 9.98. The smallest absolute Gasteiger partial charge is 0.191 e. The first-order chi connectivity index (χ1) is 15.6. The number of aryl methyl sites for hydroxylation is 2. The average molecular weight is 573 g/mol. The van der Waals surface area contributed by atoms with Gasteiger partial charge in [-0.05, 0) is 36.1 Å². The second kappa shape index (κ2) is 11.9. The highest BCUT2D eigenvalue weighted by atomic mass is 127. The Hall–Kier alpha value is -2.72. The maximum atomic E-state index is 4.49. The second-order valence-corrected chi connectivity index (χ2v) is 8.90. The van der Waals surface area contributed by atoms with E-state index in [9.17, 15) is 0 Å². The molecule has 33 heavy (non-hydrogen) atoms. The maximum absolute atomic E-state index is 4.49. The minimum atomic E-state index is 0. The molecule has 0 unspecified atom stereocenters. The van der Waals surface area contributed by atoms with Crippen molar-refractivity contribution in [3.8, 4) is 11.1 Å². The van der Waals surface area contributed by atoms with Gasteiger partial charge >= 0.3 is 0 Å². The maximum Gasteiger partial charge on any atom is 0.191 e. The summed E-state index contributed by atoms with van der Waals surface area (Å²) in [5, 5.41) is 7.94. The Balaban J connectivity index is 0.00000306. The highest BCUT2D eigenvalue weighted by Gasteiger charge is 2.08. The summed E-state index contributed by atoms with van der Waals surface area (Å²) < 4.78 is 2.07. The molecular formula is C25H29IN6S. The standard InChI is InChI=1S/C25H28N6S.HI/c1-18-24(32-19(2)30-18)15-29-25(26-3)28-14-22-6-4-5-7-23(22)21-10-8-20(9-11-21)16-31-13-12-27-17-31;/h4-13,17H,14-16H2,1-3H3,(H2,26,28,29);1H. The van der Waals surface area contributed by atoms with Gasteiger partial charge in [0.15, 0.2) is 5.96 Å². The van der Waals surface area contributed by atoms with Crippen LogP contribution in [-0.4, -0.2) is 27.5 Å². The molecule has 0 aliphatic heterocycles. The molecule has 0 amide bonds. The highest BCUT2D eigenvalue weighted by Crippen LogP contribution is 2.24. The van der Waals surface area contributed by atoms with E-state index in [0.29, 0.717) is 6.54 Å². The van der Waals surface area contributed by atoms with E-state index < -0.39 is 0 Å². The van der Waals surface area contributed by atoms with Gasteiger partial charge < -0.3 is 15.2 Å². The number of imidazole rings is 1. The van der Waals surface area contributed by atoms with Crippen LogP contribution in [0.3, 0.4) is 0 Å². The van der Waals surface area contributed by atoms with Gasteiger partial charge in [-0.3, -0.25) is 4.99 Å². The molecule has 0 fully saturated rings. The van der Waals surface area contributed by atoms with Crippen LogP contribution in [0.2, 0.25) is 0 Å². The zero-order valence-corrected chi connectivity index (χ0v) is 22.2. The first kappa shape index (κ1) is 24.9. The van der Waals surface area contributed by atoms with E-state index in [1.807, 2.05) is 26.4 Å². The monoisotopic (exact) mass is 572 g/mol. The lowest BCUT2D eigenvalue weighted by Gasteiger charge is -2.14. The van der Waals surface area contributed by atoms with Crippen LogP contribution in [0, 0.1) is 13.8 Å². The first-order valence-electron chi connectivity index (χ1n) is 10.6. The van der Waals surface area contributed by atoms with Gasteiger partial charge in [-0.1, -0.05) is 48.5 Å². The van der Waals surface area contributed by atoms with Crippen molar-refractivity contribution in [3.63, 3.8) is 0 Å². The first-order valence-corrected chi connectivity index (χ1v) is 11.4. The van der Waals surface area contributed by atoms with E-state index in [2.05, 4.69) is 78.7 Å². The van der Waals surface area contributed by atoms with Crippen LogP contribution < -0.4 is 10.6 Å². The summed E-state index contributed by atoms with van der Waals surface area (Å²) in [5.74, 6) is 0.779. The van der Waals surface area contributed by atoms with Crippen molar-refractivity contribution in [2.45, 2.75) is 33.5 Å². The van der Waals surface area contributed by atoms with Crippen molar-refractivity contribution in [3.05, 3.63) is 94.0 Å². The number of aliphatic imine (C=N–C) groups is 1. The summed E-state index contributed by atoms with van der Waals surface area (Å²) in [6, 6.07) is 17.2. The number of hydrogen-bond acceptors (Lipinski definition) is 4. The van der Waals surface area contributed by atoms with Gasteiger partial charge in [-0.25, -0.2) is 9.97 Å². The molecular weight excluding hydrogens is 543 g/mol. The van der Waals surface area contributed by atoms with Gasteiger partial charge in [0.05, 0.1) is 23.6 Å². The number of benzene rings is 2. The second-order valence-electron chi connectivity index (χ2n) is 7.61. The molecule has 4 rings (SSSR count). The van der Waals surface area contributed by atoms with Crippen LogP contribution >= 0.6 is 35.3 Å². The van der Waals surface area contributed by atoms with E-state index in [1.165, 1.54) is 27.1 Å². The number of aromatic nitrogens is 3. The van der Waals surface area contributed by atoms with Crippen molar-refractivity contribution in [2.24, 2.45) is 4.99 Å². The van der Waals surface area contributed by atoms with Gasteiger partial charge in [-0.15, -0.1) is 35.3 Å². The molecule has 0 bridgehead atoms. The van der Waals surface area contributed by atoms with Crippen LogP contribution in [0.4, 0.5) is 0 Å². The Labute approximate surface area is 216 Å². The third-order valence-electron chi connectivity index (χ3n) is 5.29. The molecule has 0 atom stereocenters. The molecule has 0 aliphatic carbocycles. The summed E-state index contributed by atoms with van der Waals surface area (Å²) in [7, 11) is 1.80. The molecule has 0 saturated carbocycles. The summed E-state index contributed by atoms with van der Waals surface area (Å²) in [6.07, 6.45) is 5.63. The van der Waals surface area contributed by atoms with Crippen LogP contribution in [0.5, 0.6) is 0 Å². The van der Waals surface area contributed by atoms with E-state index in [0.717, 1.165) is 29.8 Å². The summed E-state index contributed by atoms with van der Waals surface area (Å²) in [4.78, 5) is 14.2. The van der Waals surface area contributed by atoms with Crippen molar-refractivity contribution in [2.75, 3.05) is 7.05 Å². The van der Waals surface area contributed by atoms with Gasteiger partial charge in [0.25, 0.3) is 0 Å². The largest absolute Gasteiger partial charge is 0.352 e. The fourth-order valence-corrected chi connectivity index (χ4v) is 4.51. The van der Waals surface area contributed by atoms with Crippen molar-refractivity contribution >= 4 is 41.3 Å². The SMILES string of the molecule is CN=C(NCc1ccccc1-c1ccc(Cn2ccnc2)cc1)NCc1sc(C)nc1C.I. The van der Waals surface area contributed by atoms with Crippen molar-refractivity contribution in [1.82, 2.24) is 25.2 Å². The number of nitrogens with one attached hydrogen (secondary N) is 2. The number of rotatable bonds is 7. The van der Waals surface area contributed by atoms with E-state index in [1.54, 1.807) is 24.6 Å². The quantitative estimate of drug-likeness (QED) is 0.183. The molecule has 172 valence electrons. The molecule has 2 aromatic carbocycles. The molecule has 6 nitrogen and oxygen atoms in total. The molecule has 8 heteroatoms. The minimum absolute atomic E-state index is 0. The Kier molecular flexibility index (Phi) is 9.02. The Morgan fingerprint density at radius 1 is 1.03 bits per heavy atom. The van der Waals surface area contributed by atoms with Gasteiger partial charge in [0.2, 0.25) is 0 Å². The van der Waals surface area contributed by atoms with Gasteiger partial charge in [-0.2, -0.15) is 0 Å². The Morgan fingerprint density at radius 2 is 1.79 bits per heavy atom. The summed E-state index contributed by atoms with van der Waals surface area (Å²) in [5.41, 5.74) is 5.98. The number of halogens is 1. The molecule has 4 aromatic rings. The van der Waals surface area contributed by atoms with E-state index in [4.69, 9.17) is 0 Å². The van der Waals surface area contributed by atoms with Crippen LogP contribution in [0.15, 0.2) is 72.2 Å². The fourth-order valence-electron chi connectivity index (χ4n) is 3.64. The van der Waals surface area contributed by atoms with E-state index >= 15 is 0 Å². The van der Waals surface area contributed by atoms with Crippen LogP contribution in [-0.2, 0) is 19.6 Å². The predicted molar refractivity (Wildman–Crippen MR) is 147 cm³/mol. The lowest BCUT2D eigenvalue weighted by molar-refractivity contribution is 0.797. The molecule has 0 radical (unpaired) electrons. The minimum Gasteiger partial charge on any atom is -0.352 e. The highest BCUT2D eigenvalue weighted by molar-refractivity contribution is 14.0. The van der Waals surface area contributed by atoms with E-state index in [-0.39, 0.29) is 24.0 Å².